The Morgan fingerprint density at radius 1 is 1.10 bits per heavy atom. The van der Waals surface area contributed by atoms with Crippen molar-refractivity contribution in [2.45, 2.75) is 23.1 Å². The molecule has 1 atom stereocenters. The summed E-state index contributed by atoms with van der Waals surface area (Å²) >= 11 is 8.87. The van der Waals surface area contributed by atoms with Crippen LogP contribution in [0.15, 0.2) is 76.9 Å². The summed E-state index contributed by atoms with van der Waals surface area (Å²) in [5.41, 5.74) is 1.73. The van der Waals surface area contributed by atoms with Crippen molar-refractivity contribution in [1.29, 1.82) is 0 Å². The summed E-state index contributed by atoms with van der Waals surface area (Å²) in [4.78, 5) is 32.1. The third kappa shape index (κ3) is 5.40. The molecule has 1 unspecified atom stereocenters. The molecule has 1 aliphatic rings. The van der Waals surface area contributed by atoms with Crippen LogP contribution in [0.4, 0.5) is 5.13 Å². The van der Waals surface area contributed by atoms with Gasteiger partial charge in [0.25, 0.3) is 5.78 Å². The van der Waals surface area contributed by atoms with Crippen LogP contribution in [0.5, 0.6) is 11.5 Å². The maximum atomic E-state index is 13.5. The lowest BCUT2D eigenvalue weighted by molar-refractivity contribution is -0.132. The van der Waals surface area contributed by atoms with E-state index < -0.39 is 17.7 Å². The highest BCUT2D eigenvalue weighted by Crippen LogP contribution is 2.45. The number of Topliss-reactive ketones (excluding diaryl/α,β-unsaturated/α-hetero) is 1. The average Bonchev–Trinajstić information content (AvgIpc) is 3.55. The number of rotatable bonds is 9. The molecule has 1 fully saturated rings. The number of thioether (sulfide) groups is 1. The molecule has 5 rings (SSSR count). The predicted molar refractivity (Wildman–Crippen MR) is 154 cm³/mol. The molecule has 0 radical (unpaired) electrons. The standard InChI is InChI=1S/C28H23ClN4O5S2/c1-3-38-20-9-8-17(14-21(20)37-2)23-22(24(34)16-10-12-30-13-11-16)25(35)26(36)33(23)27-31-32-28(40-27)39-15-18-6-4-5-7-19(18)29/h4-14,23,34H,3,15H2,1-2H3. The van der Waals surface area contributed by atoms with Crippen molar-refractivity contribution in [2.75, 3.05) is 18.6 Å². The number of aliphatic hydroxyl groups excluding tert-OH is 1. The lowest BCUT2D eigenvalue weighted by atomic mass is 9.95. The van der Waals surface area contributed by atoms with E-state index in [-0.39, 0.29) is 16.5 Å². The van der Waals surface area contributed by atoms with Crippen molar-refractivity contribution in [3.63, 3.8) is 0 Å². The minimum atomic E-state index is -0.993. The number of ketones is 1. The molecular formula is C28H23ClN4O5S2. The van der Waals surface area contributed by atoms with Crippen LogP contribution in [0.25, 0.3) is 5.76 Å². The molecule has 1 aliphatic heterocycles. The molecular weight excluding hydrogens is 572 g/mol. The zero-order valence-corrected chi connectivity index (χ0v) is 23.8. The third-order valence-electron chi connectivity index (χ3n) is 6.11. The van der Waals surface area contributed by atoms with E-state index in [0.29, 0.717) is 44.3 Å². The van der Waals surface area contributed by atoms with E-state index in [4.69, 9.17) is 21.1 Å². The van der Waals surface area contributed by atoms with Gasteiger partial charge >= 0.3 is 5.91 Å². The normalized spacial score (nSPS) is 16.4. The molecule has 2 aromatic heterocycles. The molecule has 3 heterocycles. The van der Waals surface area contributed by atoms with Gasteiger partial charge in [-0.15, -0.1) is 10.2 Å². The van der Waals surface area contributed by atoms with Gasteiger partial charge in [-0.2, -0.15) is 0 Å². The van der Waals surface area contributed by atoms with Gasteiger partial charge in [0.05, 0.1) is 25.3 Å². The van der Waals surface area contributed by atoms with Crippen molar-refractivity contribution in [2.24, 2.45) is 0 Å². The Morgan fingerprint density at radius 3 is 2.60 bits per heavy atom. The highest BCUT2D eigenvalue weighted by molar-refractivity contribution is 8.00. The summed E-state index contributed by atoms with van der Waals surface area (Å²) in [6, 6.07) is 14.7. The Morgan fingerprint density at radius 2 is 1.88 bits per heavy atom. The number of hydrogen-bond donors (Lipinski definition) is 1. The number of carbonyl (C=O) groups excluding carboxylic acids is 2. The maximum Gasteiger partial charge on any atom is 0.301 e. The van der Waals surface area contributed by atoms with Crippen LogP contribution in [-0.4, -0.2) is 45.7 Å². The first-order valence-electron chi connectivity index (χ1n) is 12.1. The van der Waals surface area contributed by atoms with Gasteiger partial charge in [-0.25, -0.2) is 0 Å². The molecule has 4 aromatic rings. The molecule has 0 spiro atoms. The highest BCUT2D eigenvalue weighted by atomic mass is 35.5. The second kappa shape index (κ2) is 12.1. The fourth-order valence-electron chi connectivity index (χ4n) is 4.25. The second-order valence-electron chi connectivity index (χ2n) is 8.48. The second-order valence-corrected chi connectivity index (χ2v) is 11.1. The van der Waals surface area contributed by atoms with Gasteiger partial charge in [0, 0.05) is 28.7 Å². The van der Waals surface area contributed by atoms with E-state index in [1.54, 1.807) is 30.3 Å². The van der Waals surface area contributed by atoms with Crippen LogP contribution in [-0.2, 0) is 15.3 Å². The number of carbonyl (C=O) groups is 2. The SMILES string of the molecule is CCOc1ccc(C2C(=C(O)c3ccncc3)C(=O)C(=O)N2c2nnc(SCc3ccccc3Cl)s2)cc1OC. The van der Waals surface area contributed by atoms with Gasteiger partial charge in [-0.3, -0.25) is 19.5 Å². The number of aromatic nitrogens is 3. The molecule has 1 amide bonds. The van der Waals surface area contributed by atoms with E-state index in [1.165, 1.54) is 47.5 Å². The molecule has 0 aliphatic carbocycles. The zero-order valence-electron chi connectivity index (χ0n) is 21.4. The summed E-state index contributed by atoms with van der Waals surface area (Å²) < 4.78 is 11.8. The quantitative estimate of drug-likeness (QED) is 0.0829. The Labute approximate surface area is 243 Å². The lowest BCUT2D eigenvalue weighted by Gasteiger charge is -2.23. The third-order valence-corrected chi connectivity index (χ3v) is 8.59. The number of nitrogens with zero attached hydrogens (tertiary/aromatic N) is 4. The molecule has 1 saturated heterocycles. The first-order valence-corrected chi connectivity index (χ1v) is 14.3. The minimum absolute atomic E-state index is 0.0807. The number of halogens is 1. The van der Waals surface area contributed by atoms with E-state index in [0.717, 1.165) is 5.56 Å². The minimum Gasteiger partial charge on any atom is -0.507 e. The topological polar surface area (TPSA) is 115 Å². The van der Waals surface area contributed by atoms with Crippen molar-refractivity contribution >= 4 is 57.3 Å². The van der Waals surface area contributed by atoms with Crippen molar-refractivity contribution in [1.82, 2.24) is 15.2 Å². The van der Waals surface area contributed by atoms with E-state index >= 15 is 0 Å². The molecule has 0 saturated carbocycles. The van der Waals surface area contributed by atoms with Gasteiger partial charge in [0.1, 0.15) is 5.76 Å². The molecule has 2 aromatic carbocycles. The maximum absolute atomic E-state index is 13.5. The molecule has 40 heavy (non-hydrogen) atoms. The number of pyridine rings is 1. The van der Waals surface area contributed by atoms with Crippen LogP contribution >= 0.6 is 34.7 Å². The first kappa shape index (κ1) is 27.6. The summed E-state index contributed by atoms with van der Waals surface area (Å²) in [6.07, 6.45) is 2.99. The van der Waals surface area contributed by atoms with Crippen LogP contribution < -0.4 is 14.4 Å². The van der Waals surface area contributed by atoms with Gasteiger partial charge in [0.2, 0.25) is 5.13 Å². The average molecular weight is 595 g/mol. The lowest BCUT2D eigenvalue weighted by Crippen LogP contribution is -2.29. The summed E-state index contributed by atoms with van der Waals surface area (Å²) in [6.45, 7) is 2.28. The molecule has 0 bridgehead atoms. The molecule has 204 valence electrons. The van der Waals surface area contributed by atoms with Crippen molar-refractivity contribution in [3.8, 4) is 11.5 Å². The number of hydrogen-bond acceptors (Lipinski definition) is 10. The Hall–Kier alpha value is -3.93. The van der Waals surface area contributed by atoms with Crippen LogP contribution in [0.1, 0.15) is 29.7 Å². The largest absolute Gasteiger partial charge is 0.507 e. The smallest absolute Gasteiger partial charge is 0.301 e. The first-order chi connectivity index (χ1) is 19.4. The summed E-state index contributed by atoms with van der Waals surface area (Å²) in [5.74, 6) is -0.510. The molecule has 9 nitrogen and oxygen atoms in total. The van der Waals surface area contributed by atoms with Gasteiger partial charge < -0.3 is 14.6 Å². The Bertz CT molecular complexity index is 1590. The van der Waals surface area contributed by atoms with Crippen LogP contribution in [0, 0.1) is 0 Å². The number of methoxy groups -OCH3 is 1. The zero-order chi connectivity index (χ0) is 28.2. The number of amides is 1. The predicted octanol–water partition coefficient (Wildman–Crippen LogP) is 5.91. The highest BCUT2D eigenvalue weighted by Gasteiger charge is 2.48. The van der Waals surface area contributed by atoms with Crippen LogP contribution in [0.2, 0.25) is 5.02 Å². The fraction of sp³-hybridized carbons (Fsp3) is 0.179. The number of benzene rings is 2. The van der Waals surface area contributed by atoms with E-state index in [1.807, 2.05) is 31.2 Å². The monoisotopic (exact) mass is 594 g/mol. The summed E-state index contributed by atoms with van der Waals surface area (Å²) in [7, 11) is 1.50. The van der Waals surface area contributed by atoms with E-state index in [9.17, 15) is 14.7 Å². The van der Waals surface area contributed by atoms with Crippen molar-refractivity contribution < 1.29 is 24.2 Å². The van der Waals surface area contributed by atoms with E-state index in [2.05, 4.69) is 15.2 Å². The Balaban J connectivity index is 1.57. The van der Waals surface area contributed by atoms with Gasteiger partial charge in [0.15, 0.2) is 15.8 Å². The number of anilines is 1. The van der Waals surface area contributed by atoms with Gasteiger partial charge in [-0.1, -0.05) is 59.0 Å². The Kier molecular flexibility index (Phi) is 8.34. The number of ether oxygens (including phenoxy) is 2. The number of aliphatic hydroxyl groups is 1. The molecule has 1 N–H and O–H groups in total. The van der Waals surface area contributed by atoms with Crippen LogP contribution in [0.3, 0.4) is 0 Å². The summed E-state index contributed by atoms with van der Waals surface area (Å²) in [5, 5.41) is 20.6. The fourth-order valence-corrected chi connectivity index (χ4v) is 6.41. The van der Waals surface area contributed by atoms with Crippen molar-refractivity contribution in [3.05, 3.63) is 94.3 Å². The van der Waals surface area contributed by atoms with Gasteiger partial charge in [-0.05, 0) is 48.4 Å². The molecule has 12 heteroatoms.